The van der Waals surface area contributed by atoms with Crippen LogP contribution in [0.4, 0.5) is 10.1 Å². The number of hydrogen-bond donors (Lipinski definition) is 1. The highest BCUT2D eigenvalue weighted by Gasteiger charge is 2.23. The number of rotatable bonds is 7. The van der Waals surface area contributed by atoms with Gasteiger partial charge in [0.2, 0.25) is 0 Å². The SMILES string of the molecule is Cc1nn(Cc2ccccc2)c(C)c1NC(=O)c1noc(C)c1COc1ccccc1F. The Morgan fingerprint density at radius 1 is 1.09 bits per heavy atom. The maximum absolute atomic E-state index is 13.9. The molecule has 2 aromatic carbocycles. The first-order valence-electron chi connectivity index (χ1n) is 10.2. The van der Waals surface area contributed by atoms with Crippen molar-refractivity contribution in [3.8, 4) is 5.75 Å². The Labute approximate surface area is 184 Å². The van der Waals surface area contributed by atoms with Gasteiger partial charge in [0.05, 0.1) is 29.2 Å². The number of carbonyl (C=O) groups excluding carboxylic acids is 1. The van der Waals surface area contributed by atoms with E-state index >= 15 is 0 Å². The van der Waals surface area contributed by atoms with E-state index in [0.717, 1.165) is 11.3 Å². The standard InChI is InChI=1S/C24H23FN4O3/c1-15-22(16(2)29(27-15)13-18-9-5-4-6-10-18)26-24(30)23-19(17(3)32-28-23)14-31-21-12-8-7-11-20(21)25/h4-12H,13-14H2,1-3H3,(H,26,30). The first-order chi connectivity index (χ1) is 15.4. The highest BCUT2D eigenvalue weighted by atomic mass is 19.1. The van der Waals surface area contributed by atoms with Gasteiger partial charge >= 0.3 is 0 Å². The van der Waals surface area contributed by atoms with Crippen LogP contribution >= 0.6 is 0 Å². The summed E-state index contributed by atoms with van der Waals surface area (Å²) in [6.07, 6.45) is 0. The fourth-order valence-electron chi connectivity index (χ4n) is 3.41. The molecule has 2 aromatic heterocycles. The Balaban J connectivity index is 1.52. The molecular weight excluding hydrogens is 411 g/mol. The Kier molecular flexibility index (Phi) is 6.02. The van der Waals surface area contributed by atoms with E-state index in [9.17, 15) is 9.18 Å². The van der Waals surface area contributed by atoms with Gasteiger partial charge in [0, 0.05) is 0 Å². The first-order valence-corrected chi connectivity index (χ1v) is 10.2. The van der Waals surface area contributed by atoms with Crippen LogP contribution in [-0.4, -0.2) is 20.8 Å². The molecule has 0 aliphatic rings. The van der Waals surface area contributed by atoms with Crippen molar-refractivity contribution in [2.45, 2.75) is 33.9 Å². The topological polar surface area (TPSA) is 82.2 Å². The van der Waals surface area contributed by atoms with Gasteiger partial charge in [-0.3, -0.25) is 9.48 Å². The van der Waals surface area contributed by atoms with Crippen LogP contribution in [0.3, 0.4) is 0 Å². The number of para-hydroxylation sites is 1. The smallest absolute Gasteiger partial charge is 0.278 e. The molecule has 0 aliphatic heterocycles. The van der Waals surface area contributed by atoms with Gasteiger partial charge in [0.25, 0.3) is 5.91 Å². The lowest BCUT2D eigenvalue weighted by Crippen LogP contribution is -2.16. The molecule has 164 valence electrons. The molecule has 4 aromatic rings. The molecule has 0 saturated carbocycles. The molecule has 1 amide bonds. The summed E-state index contributed by atoms with van der Waals surface area (Å²) >= 11 is 0. The fraction of sp³-hybridized carbons (Fsp3) is 0.208. The number of anilines is 1. The average Bonchev–Trinajstić information content (AvgIpc) is 3.28. The molecule has 0 aliphatic carbocycles. The van der Waals surface area contributed by atoms with Gasteiger partial charge in [-0.05, 0) is 38.5 Å². The van der Waals surface area contributed by atoms with E-state index in [-0.39, 0.29) is 18.1 Å². The van der Waals surface area contributed by atoms with E-state index in [1.165, 1.54) is 12.1 Å². The van der Waals surface area contributed by atoms with Gasteiger partial charge in [0.15, 0.2) is 17.3 Å². The minimum absolute atomic E-state index is 0.0513. The molecule has 32 heavy (non-hydrogen) atoms. The minimum Gasteiger partial charge on any atom is -0.486 e. The predicted molar refractivity (Wildman–Crippen MR) is 117 cm³/mol. The summed E-state index contributed by atoms with van der Waals surface area (Å²) in [4.78, 5) is 13.0. The van der Waals surface area contributed by atoms with Crippen LogP contribution in [0, 0.1) is 26.6 Å². The van der Waals surface area contributed by atoms with Gasteiger partial charge in [0.1, 0.15) is 12.4 Å². The lowest BCUT2D eigenvalue weighted by Gasteiger charge is -2.09. The summed E-state index contributed by atoms with van der Waals surface area (Å²) in [5.74, 6) is -0.405. The van der Waals surface area contributed by atoms with Gasteiger partial charge in [-0.1, -0.05) is 47.6 Å². The number of aryl methyl sites for hydroxylation is 2. The maximum atomic E-state index is 13.9. The summed E-state index contributed by atoms with van der Waals surface area (Å²) in [6, 6.07) is 16.0. The lowest BCUT2D eigenvalue weighted by molar-refractivity contribution is 0.101. The Morgan fingerprint density at radius 2 is 1.81 bits per heavy atom. The van der Waals surface area contributed by atoms with E-state index in [4.69, 9.17) is 9.26 Å². The van der Waals surface area contributed by atoms with E-state index < -0.39 is 11.7 Å². The normalized spacial score (nSPS) is 10.9. The molecule has 1 N–H and O–H groups in total. The molecule has 0 fully saturated rings. The van der Waals surface area contributed by atoms with Crippen molar-refractivity contribution in [2.75, 3.05) is 5.32 Å². The summed E-state index contributed by atoms with van der Waals surface area (Å²) in [7, 11) is 0. The van der Waals surface area contributed by atoms with Gasteiger partial charge in [-0.15, -0.1) is 0 Å². The van der Waals surface area contributed by atoms with Crippen molar-refractivity contribution in [1.29, 1.82) is 0 Å². The van der Waals surface area contributed by atoms with E-state index in [1.54, 1.807) is 19.1 Å². The molecule has 4 rings (SSSR count). The average molecular weight is 434 g/mol. The molecule has 0 radical (unpaired) electrons. The molecule has 0 spiro atoms. The summed E-state index contributed by atoms with van der Waals surface area (Å²) in [5, 5.41) is 11.3. The number of benzene rings is 2. The van der Waals surface area contributed by atoms with Crippen LogP contribution in [0.1, 0.15) is 38.8 Å². The minimum atomic E-state index is -0.482. The highest BCUT2D eigenvalue weighted by molar-refractivity contribution is 6.04. The number of halogens is 1. The van der Waals surface area contributed by atoms with E-state index in [1.807, 2.05) is 48.9 Å². The Morgan fingerprint density at radius 3 is 2.56 bits per heavy atom. The first kappa shape index (κ1) is 21.3. The number of nitrogens with one attached hydrogen (secondary N) is 1. The summed E-state index contributed by atoms with van der Waals surface area (Å²) in [5.41, 5.74) is 3.79. The van der Waals surface area contributed by atoms with Crippen molar-refractivity contribution in [2.24, 2.45) is 0 Å². The van der Waals surface area contributed by atoms with Crippen LogP contribution in [0.25, 0.3) is 0 Å². The van der Waals surface area contributed by atoms with E-state index in [2.05, 4.69) is 15.6 Å². The third-order valence-corrected chi connectivity index (χ3v) is 5.20. The second kappa shape index (κ2) is 9.05. The van der Waals surface area contributed by atoms with Crippen LogP contribution in [0.5, 0.6) is 5.75 Å². The molecule has 7 nitrogen and oxygen atoms in total. The third kappa shape index (κ3) is 4.39. The number of amides is 1. The van der Waals surface area contributed by atoms with Gasteiger partial charge < -0.3 is 14.6 Å². The molecule has 0 atom stereocenters. The number of carbonyl (C=O) groups is 1. The number of aromatic nitrogens is 3. The quantitative estimate of drug-likeness (QED) is 0.451. The summed E-state index contributed by atoms with van der Waals surface area (Å²) in [6.45, 7) is 5.95. The second-order valence-electron chi connectivity index (χ2n) is 7.43. The number of nitrogens with zero attached hydrogens (tertiary/aromatic N) is 3. The van der Waals surface area contributed by atoms with E-state index in [0.29, 0.717) is 29.2 Å². The van der Waals surface area contributed by atoms with Crippen LogP contribution < -0.4 is 10.1 Å². The zero-order valence-corrected chi connectivity index (χ0v) is 18.1. The molecule has 0 bridgehead atoms. The lowest BCUT2D eigenvalue weighted by atomic mass is 10.2. The van der Waals surface area contributed by atoms with Crippen molar-refractivity contribution in [3.05, 3.63) is 94.4 Å². The molecular formula is C24H23FN4O3. The van der Waals surface area contributed by atoms with Gasteiger partial charge in [-0.2, -0.15) is 5.10 Å². The zero-order chi connectivity index (χ0) is 22.7. The Hall–Kier alpha value is -3.94. The second-order valence-corrected chi connectivity index (χ2v) is 7.43. The van der Waals surface area contributed by atoms with Crippen LogP contribution in [0.2, 0.25) is 0 Å². The van der Waals surface area contributed by atoms with Gasteiger partial charge in [-0.25, -0.2) is 4.39 Å². The largest absolute Gasteiger partial charge is 0.486 e. The zero-order valence-electron chi connectivity index (χ0n) is 18.1. The molecule has 2 heterocycles. The van der Waals surface area contributed by atoms with Crippen molar-refractivity contribution >= 4 is 11.6 Å². The van der Waals surface area contributed by atoms with Crippen LogP contribution in [0.15, 0.2) is 59.1 Å². The van der Waals surface area contributed by atoms with Crippen molar-refractivity contribution in [1.82, 2.24) is 14.9 Å². The highest BCUT2D eigenvalue weighted by Crippen LogP contribution is 2.24. The van der Waals surface area contributed by atoms with Crippen molar-refractivity contribution < 1.29 is 18.4 Å². The number of ether oxygens (including phenoxy) is 1. The summed E-state index contributed by atoms with van der Waals surface area (Å²) < 4.78 is 26.5. The van der Waals surface area contributed by atoms with Crippen molar-refractivity contribution in [3.63, 3.8) is 0 Å². The van der Waals surface area contributed by atoms with Crippen LogP contribution in [-0.2, 0) is 13.2 Å². The third-order valence-electron chi connectivity index (χ3n) is 5.20. The number of hydrogen-bond acceptors (Lipinski definition) is 5. The predicted octanol–water partition coefficient (Wildman–Crippen LogP) is 4.82. The molecule has 0 unspecified atom stereocenters. The monoisotopic (exact) mass is 434 g/mol. The Bertz CT molecular complexity index is 1250. The maximum Gasteiger partial charge on any atom is 0.278 e. The molecule has 0 saturated heterocycles. The fourth-order valence-corrected chi connectivity index (χ4v) is 3.41. The molecule has 8 heteroatoms.